The summed E-state index contributed by atoms with van der Waals surface area (Å²) in [6, 6.07) is 3.23. The van der Waals surface area contributed by atoms with Crippen LogP contribution in [0.3, 0.4) is 0 Å². The molecule has 1 atom stereocenters. The number of amides is 1. The van der Waals surface area contributed by atoms with Gasteiger partial charge in [0.2, 0.25) is 5.91 Å². The highest BCUT2D eigenvalue weighted by Gasteiger charge is 2.48. The van der Waals surface area contributed by atoms with Crippen LogP contribution in [-0.2, 0) is 9.59 Å². The third-order valence-electron chi connectivity index (χ3n) is 3.21. The summed E-state index contributed by atoms with van der Waals surface area (Å²) >= 11 is 12.4. The number of ketones is 1. The SMILES string of the molecule is CC#Cc1cc(Cl)c(C2C(=O)NC(C)(C)C2=O)c(Cl)c1. The zero-order chi connectivity index (χ0) is 15.1. The average Bonchev–Trinajstić information content (AvgIpc) is 2.50. The zero-order valence-electron chi connectivity index (χ0n) is 11.3. The van der Waals surface area contributed by atoms with Gasteiger partial charge in [-0.15, -0.1) is 5.92 Å². The van der Waals surface area contributed by atoms with Crippen LogP contribution in [0.15, 0.2) is 12.1 Å². The summed E-state index contributed by atoms with van der Waals surface area (Å²) < 4.78 is 0. The molecule has 1 aromatic rings. The molecule has 1 aliphatic rings. The fourth-order valence-electron chi connectivity index (χ4n) is 2.26. The van der Waals surface area contributed by atoms with E-state index in [1.807, 2.05) is 0 Å². The minimum Gasteiger partial charge on any atom is -0.343 e. The van der Waals surface area contributed by atoms with E-state index >= 15 is 0 Å². The lowest BCUT2D eigenvalue weighted by Gasteiger charge is -2.16. The fourth-order valence-corrected chi connectivity index (χ4v) is 2.97. The molecule has 104 valence electrons. The van der Waals surface area contributed by atoms with Gasteiger partial charge in [-0.3, -0.25) is 9.59 Å². The van der Waals surface area contributed by atoms with Gasteiger partial charge in [0.15, 0.2) is 5.78 Å². The van der Waals surface area contributed by atoms with Gasteiger partial charge in [0.1, 0.15) is 5.92 Å². The Morgan fingerprint density at radius 1 is 1.20 bits per heavy atom. The highest BCUT2D eigenvalue weighted by molar-refractivity contribution is 6.38. The number of Topliss-reactive ketones (excluding diaryl/α,β-unsaturated/α-hetero) is 1. The van der Waals surface area contributed by atoms with Gasteiger partial charge in [-0.05, 0) is 32.9 Å². The van der Waals surface area contributed by atoms with Crippen molar-refractivity contribution in [1.29, 1.82) is 0 Å². The van der Waals surface area contributed by atoms with Crippen molar-refractivity contribution in [3.05, 3.63) is 33.3 Å². The molecule has 20 heavy (non-hydrogen) atoms. The van der Waals surface area contributed by atoms with E-state index in [-0.39, 0.29) is 21.7 Å². The number of hydrogen-bond acceptors (Lipinski definition) is 2. The van der Waals surface area contributed by atoms with Crippen LogP contribution in [0.1, 0.15) is 37.8 Å². The Labute approximate surface area is 127 Å². The molecule has 0 aliphatic carbocycles. The maximum absolute atomic E-state index is 12.3. The maximum atomic E-state index is 12.3. The number of hydrogen-bond donors (Lipinski definition) is 1. The third-order valence-corrected chi connectivity index (χ3v) is 3.84. The van der Waals surface area contributed by atoms with Crippen LogP contribution in [0.4, 0.5) is 0 Å². The lowest BCUT2D eigenvalue weighted by Crippen LogP contribution is -2.39. The molecule has 5 heteroatoms. The van der Waals surface area contributed by atoms with E-state index < -0.39 is 11.5 Å². The van der Waals surface area contributed by atoms with Crippen LogP contribution in [0, 0.1) is 11.8 Å². The minimum absolute atomic E-state index is 0.236. The molecule has 1 heterocycles. The summed E-state index contributed by atoms with van der Waals surface area (Å²) in [5.41, 5.74) is 0.0930. The van der Waals surface area contributed by atoms with Gasteiger partial charge in [-0.2, -0.15) is 0 Å². The predicted octanol–water partition coefficient (Wildman–Crippen LogP) is 2.93. The Balaban J connectivity index is 2.56. The molecule has 0 spiro atoms. The van der Waals surface area contributed by atoms with E-state index in [1.165, 1.54) is 0 Å². The van der Waals surface area contributed by atoms with Crippen molar-refractivity contribution in [3.63, 3.8) is 0 Å². The van der Waals surface area contributed by atoms with Gasteiger partial charge >= 0.3 is 0 Å². The number of rotatable bonds is 1. The summed E-state index contributed by atoms with van der Waals surface area (Å²) in [5, 5.41) is 3.21. The van der Waals surface area contributed by atoms with E-state index in [4.69, 9.17) is 23.2 Å². The Morgan fingerprint density at radius 3 is 2.15 bits per heavy atom. The molecular formula is C15H13Cl2NO2. The summed E-state index contributed by atoms with van der Waals surface area (Å²) in [7, 11) is 0. The van der Waals surface area contributed by atoms with Crippen LogP contribution in [0.2, 0.25) is 10.0 Å². The molecule has 1 N–H and O–H groups in total. The molecule has 0 saturated carbocycles. The quantitative estimate of drug-likeness (QED) is 0.640. The highest BCUT2D eigenvalue weighted by Crippen LogP contribution is 2.38. The van der Waals surface area contributed by atoms with E-state index in [0.717, 1.165) is 0 Å². The van der Waals surface area contributed by atoms with Crippen molar-refractivity contribution in [2.75, 3.05) is 0 Å². The largest absolute Gasteiger partial charge is 0.343 e. The summed E-state index contributed by atoms with van der Waals surface area (Å²) in [4.78, 5) is 24.4. The van der Waals surface area contributed by atoms with E-state index in [9.17, 15) is 9.59 Å². The van der Waals surface area contributed by atoms with E-state index in [1.54, 1.807) is 32.9 Å². The molecule has 1 aromatic carbocycles. The van der Waals surface area contributed by atoms with Crippen molar-refractivity contribution in [1.82, 2.24) is 5.32 Å². The number of carbonyl (C=O) groups excluding carboxylic acids is 2. The summed E-state index contributed by atoms with van der Waals surface area (Å²) in [6.45, 7) is 5.02. The third kappa shape index (κ3) is 2.42. The van der Waals surface area contributed by atoms with Gasteiger partial charge < -0.3 is 5.32 Å². The Kier molecular flexibility index (Phi) is 3.82. The monoisotopic (exact) mass is 309 g/mol. The molecule has 1 amide bonds. The molecule has 1 aliphatic heterocycles. The number of benzene rings is 1. The van der Waals surface area contributed by atoms with Crippen LogP contribution in [-0.4, -0.2) is 17.2 Å². The molecule has 3 nitrogen and oxygen atoms in total. The second kappa shape index (κ2) is 5.12. The molecular weight excluding hydrogens is 297 g/mol. The maximum Gasteiger partial charge on any atom is 0.236 e. The summed E-state index contributed by atoms with van der Waals surface area (Å²) in [6.07, 6.45) is 0. The van der Waals surface area contributed by atoms with Gasteiger partial charge in [0, 0.05) is 21.2 Å². The molecule has 2 rings (SSSR count). The van der Waals surface area contributed by atoms with E-state index in [0.29, 0.717) is 11.1 Å². The van der Waals surface area contributed by atoms with Crippen LogP contribution in [0.25, 0.3) is 0 Å². The first-order chi connectivity index (χ1) is 9.27. The van der Waals surface area contributed by atoms with Crippen LogP contribution < -0.4 is 5.32 Å². The number of halogens is 2. The summed E-state index contributed by atoms with van der Waals surface area (Å²) in [5.74, 6) is 4.01. The van der Waals surface area contributed by atoms with Crippen LogP contribution in [0.5, 0.6) is 0 Å². The molecule has 1 unspecified atom stereocenters. The highest BCUT2D eigenvalue weighted by atomic mass is 35.5. The van der Waals surface area contributed by atoms with Crippen molar-refractivity contribution in [2.45, 2.75) is 32.2 Å². The average molecular weight is 310 g/mol. The first-order valence-electron chi connectivity index (χ1n) is 6.06. The van der Waals surface area contributed by atoms with Crippen molar-refractivity contribution < 1.29 is 9.59 Å². The lowest BCUT2D eigenvalue weighted by atomic mass is 9.89. The standard InChI is InChI=1S/C15H13Cl2NO2/c1-4-5-8-6-9(16)11(10(17)7-8)12-13(19)15(2,3)18-14(12)20/h6-7,12H,1-3H3,(H,18,20). The van der Waals surface area contributed by atoms with Crippen molar-refractivity contribution in [3.8, 4) is 11.8 Å². The first kappa shape index (κ1) is 14.9. The second-order valence-electron chi connectivity index (χ2n) is 5.14. The number of nitrogens with one attached hydrogen (secondary N) is 1. The first-order valence-corrected chi connectivity index (χ1v) is 6.81. The van der Waals surface area contributed by atoms with Crippen molar-refractivity contribution >= 4 is 34.9 Å². The molecule has 1 fully saturated rings. The Hall–Kier alpha value is -1.50. The van der Waals surface area contributed by atoms with Gasteiger partial charge in [0.25, 0.3) is 0 Å². The van der Waals surface area contributed by atoms with Gasteiger partial charge in [0.05, 0.1) is 5.54 Å². The Morgan fingerprint density at radius 2 is 1.75 bits per heavy atom. The molecule has 0 bridgehead atoms. The fraction of sp³-hybridized carbons (Fsp3) is 0.333. The van der Waals surface area contributed by atoms with Crippen LogP contribution >= 0.6 is 23.2 Å². The zero-order valence-corrected chi connectivity index (χ0v) is 12.8. The Bertz CT molecular complexity index is 645. The van der Waals surface area contributed by atoms with E-state index in [2.05, 4.69) is 17.2 Å². The smallest absolute Gasteiger partial charge is 0.236 e. The topological polar surface area (TPSA) is 46.2 Å². The number of carbonyl (C=O) groups is 2. The molecule has 1 saturated heterocycles. The van der Waals surface area contributed by atoms with Gasteiger partial charge in [-0.1, -0.05) is 29.1 Å². The molecule has 0 aromatic heterocycles. The lowest BCUT2D eigenvalue weighted by molar-refractivity contribution is -0.125. The van der Waals surface area contributed by atoms with Gasteiger partial charge in [-0.25, -0.2) is 0 Å². The minimum atomic E-state index is -0.964. The molecule has 0 radical (unpaired) electrons. The van der Waals surface area contributed by atoms with Crippen molar-refractivity contribution in [2.24, 2.45) is 0 Å². The predicted molar refractivity (Wildman–Crippen MR) is 79.0 cm³/mol. The second-order valence-corrected chi connectivity index (χ2v) is 5.95. The normalized spacial score (nSPS) is 20.4.